The topological polar surface area (TPSA) is 39.2 Å². The second-order valence-corrected chi connectivity index (χ2v) is 8.19. The summed E-state index contributed by atoms with van der Waals surface area (Å²) in [6.45, 7) is 4.33. The zero-order valence-electron chi connectivity index (χ0n) is 19.1. The van der Waals surface area contributed by atoms with E-state index in [0.29, 0.717) is 5.75 Å². The van der Waals surface area contributed by atoms with Gasteiger partial charge in [0.2, 0.25) is 0 Å². The molecule has 4 heteroatoms. The summed E-state index contributed by atoms with van der Waals surface area (Å²) in [7, 11) is 0. The summed E-state index contributed by atoms with van der Waals surface area (Å²) in [6, 6.07) is 16.0. The summed E-state index contributed by atoms with van der Waals surface area (Å²) >= 11 is 0. The van der Waals surface area contributed by atoms with Crippen LogP contribution >= 0.6 is 0 Å². The minimum absolute atomic E-state index is 0.0475. The summed E-state index contributed by atoms with van der Waals surface area (Å²) in [5.41, 5.74) is 3.90. The first-order chi connectivity index (χ1) is 15.6. The van der Waals surface area contributed by atoms with Crippen molar-refractivity contribution in [3.63, 3.8) is 0 Å². The molecular formula is C28H32FNO2. The van der Waals surface area contributed by atoms with Crippen LogP contribution < -0.4 is 4.74 Å². The molecule has 0 aliphatic heterocycles. The van der Waals surface area contributed by atoms with Gasteiger partial charge in [0.1, 0.15) is 11.6 Å². The van der Waals surface area contributed by atoms with E-state index in [4.69, 9.17) is 4.74 Å². The molecule has 0 amide bonds. The van der Waals surface area contributed by atoms with Gasteiger partial charge in [0.25, 0.3) is 0 Å². The zero-order valence-corrected chi connectivity index (χ0v) is 19.1. The monoisotopic (exact) mass is 433 g/mol. The van der Waals surface area contributed by atoms with Gasteiger partial charge in [-0.2, -0.15) is 0 Å². The molecule has 0 N–H and O–H groups in total. The molecule has 1 aromatic heterocycles. The molecule has 0 spiro atoms. The van der Waals surface area contributed by atoms with Crippen molar-refractivity contribution in [1.29, 1.82) is 0 Å². The number of hydrogen-bond acceptors (Lipinski definition) is 3. The lowest BCUT2D eigenvalue weighted by atomic mass is 10.0. The van der Waals surface area contributed by atoms with Crippen LogP contribution in [0.2, 0.25) is 0 Å². The highest BCUT2D eigenvalue weighted by atomic mass is 19.1. The third-order valence-corrected chi connectivity index (χ3v) is 5.58. The van der Waals surface area contributed by atoms with Gasteiger partial charge in [-0.3, -0.25) is 4.98 Å². The molecule has 3 nitrogen and oxygen atoms in total. The predicted molar refractivity (Wildman–Crippen MR) is 127 cm³/mol. The van der Waals surface area contributed by atoms with Crippen LogP contribution in [0.25, 0.3) is 11.3 Å². The van der Waals surface area contributed by atoms with Crippen LogP contribution in [0.3, 0.4) is 0 Å². The number of nitrogens with zero attached hydrogens (tertiary/aromatic N) is 1. The highest BCUT2D eigenvalue weighted by molar-refractivity contribution is 5.91. The Bertz CT molecular complexity index is 997. The van der Waals surface area contributed by atoms with Gasteiger partial charge in [0.05, 0.1) is 11.3 Å². The molecule has 0 atom stereocenters. The Balaban J connectivity index is 1.60. The van der Waals surface area contributed by atoms with Crippen molar-refractivity contribution >= 4 is 5.97 Å². The van der Waals surface area contributed by atoms with Crippen LogP contribution in [0.4, 0.5) is 4.39 Å². The Morgan fingerprint density at radius 2 is 1.50 bits per heavy atom. The fraction of sp³-hybridized carbons (Fsp3) is 0.357. The van der Waals surface area contributed by atoms with E-state index in [9.17, 15) is 9.18 Å². The number of esters is 1. The van der Waals surface area contributed by atoms with E-state index in [2.05, 4.69) is 24.9 Å². The fourth-order valence-corrected chi connectivity index (χ4v) is 3.64. The number of halogens is 1. The molecule has 0 aliphatic carbocycles. The maximum atomic E-state index is 14.4. The number of benzene rings is 2. The maximum Gasteiger partial charge on any atom is 0.346 e. The molecule has 0 unspecified atom stereocenters. The van der Waals surface area contributed by atoms with Crippen LogP contribution in [-0.4, -0.2) is 11.0 Å². The van der Waals surface area contributed by atoms with Gasteiger partial charge in [-0.15, -0.1) is 0 Å². The average Bonchev–Trinajstić information content (AvgIpc) is 2.80. The SMILES string of the molecule is CCCCCc1ccc(-c2ccc(OC(=O)c3ccc(CCCCC)cc3F)cc2)nc1. The minimum Gasteiger partial charge on any atom is -0.423 e. The number of unbranched alkanes of at least 4 members (excludes halogenated alkanes) is 4. The van der Waals surface area contributed by atoms with Gasteiger partial charge >= 0.3 is 5.97 Å². The lowest BCUT2D eigenvalue weighted by Gasteiger charge is -2.08. The first-order valence-corrected chi connectivity index (χ1v) is 11.7. The first-order valence-electron chi connectivity index (χ1n) is 11.7. The number of aromatic nitrogens is 1. The van der Waals surface area contributed by atoms with Gasteiger partial charge in [0, 0.05) is 11.8 Å². The van der Waals surface area contributed by atoms with Crippen LogP contribution in [0, 0.1) is 5.82 Å². The van der Waals surface area contributed by atoms with Crippen molar-refractivity contribution in [3.8, 4) is 17.0 Å². The summed E-state index contributed by atoms with van der Waals surface area (Å²) < 4.78 is 19.8. The van der Waals surface area contributed by atoms with Crippen molar-refractivity contribution in [3.05, 3.63) is 83.3 Å². The number of carbonyl (C=O) groups excluding carboxylic acids is 1. The van der Waals surface area contributed by atoms with Crippen LogP contribution in [-0.2, 0) is 12.8 Å². The van der Waals surface area contributed by atoms with Gasteiger partial charge in [-0.25, -0.2) is 9.18 Å². The summed E-state index contributed by atoms with van der Waals surface area (Å²) in [4.78, 5) is 17.0. The lowest BCUT2D eigenvalue weighted by Crippen LogP contribution is -2.11. The molecular weight excluding hydrogens is 401 g/mol. The summed E-state index contributed by atoms with van der Waals surface area (Å²) in [6.07, 6.45) is 10.7. The molecule has 32 heavy (non-hydrogen) atoms. The summed E-state index contributed by atoms with van der Waals surface area (Å²) in [5.74, 6) is -0.852. The van der Waals surface area contributed by atoms with E-state index in [-0.39, 0.29) is 5.56 Å². The van der Waals surface area contributed by atoms with E-state index in [1.807, 2.05) is 24.4 Å². The molecule has 0 fully saturated rings. The van der Waals surface area contributed by atoms with Crippen LogP contribution in [0.1, 0.15) is 73.9 Å². The van der Waals surface area contributed by atoms with E-state index in [1.165, 1.54) is 37.0 Å². The van der Waals surface area contributed by atoms with Crippen molar-refractivity contribution in [1.82, 2.24) is 4.98 Å². The van der Waals surface area contributed by atoms with Gasteiger partial charge in [-0.05, 0) is 79.3 Å². The molecule has 1 heterocycles. The number of carbonyl (C=O) groups is 1. The second kappa shape index (κ2) is 12.1. The maximum absolute atomic E-state index is 14.4. The first kappa shape index (κ1) is 23.6. The Morgan fingerprint density at radius 1 is 0.844 bits per heavy atom. The van der Waals surface area contributed by atoms with E-state index >= 15 is 0 Å². The average molecular weight is 434 g/mol. The van der Waals surface area contributed by atoms with Crippen molar-refractivity contribution < 1.29 is 13.9 Å². The second-order valence-electron chi connectivity index (χ2n) is 8.19. The third-order valence-electron chi connectivity index (χ3n) is 5.58. The largest absolute Gasteiger partial charge is 0.423 e. The molecule has 0 saturated carbocycles. The molecule has 0 saturated heterocycles. The normalized spacial score (nSPS) is 10.8. The smallest absolute Gasteiger partial charge is 0.346 e. The number of aryl methyl sites for hydroxylation is 2. The van der Waals surface area contributed by atoms with Crippen molar-refractivity contribution in [2.24, 2.45) is 0 Å². The Labute approximate surface area is 190 Å². The fourth-order valence-electron chi connectivity index (χ4n) is 3.64. The Kier molecular flexibility index (Phi) is 8.97. The van der Waals surface area contributed by atoms with Gasteiger partial charge < -0.3 is 4.74 Å². The zero-order chi connectivity index (χ0) is 22.8. The highest BCUT2D eigenvalue weighted by Crippen LogP contribution is 2.23. The number of rotatable bonds is 11. The van der Waals surface area contributed by atoms with Crippen LogP contribution in [0.5, 0.6) is 5.75 Å². The predicted octanol–water partition coefficient (Wildman–Crippen LogP) is 7.57. The van der Waals surface area contributed by atoms with Gasteiger partial charge in [0.15, 0.2) is 0 Å². The minimum atomic E-state index is -0.690. The molecule has 3 aromatic rings. The van der Waals surface area contributed by atoms with E-state index < -0.39 is 11.8 Å². The van der Waals surface area contributed by atoms with E-state index in [0.717, 1.165) is 48.9 Å². The quantitative estimate of drug-likeness (QED) is 0.178. The van der Waals surface area contributed by atoms with E-state index in [1.54, 1.807) is 18.2 Å². The van der Waals surface area contributed by atoms with Gasteiger partial charge in [-0.1, -0.05) is 51.7 Å². The number of ether oxygens (including phenoxy) is 1. The molecule has 0 bridgehead atoms. The van der Waals surface area contributed by atoms with Crippen molar-refractivity contribution in [2.45, 2.75) is 65.2 Å². The Hall–Kier alpha value is -3.01. The lowest BCUT2D eigenvalue weighted by molar-refractivity contribution is 0.0730. The summed E-state index contributed by atoms with van der Waals surface area (Å²) in [5, 5.41) is 0. The molecule has 0 radical (unpaired) electrons. The van der Waals surface area contributed by atoms with Crippen LogP contribution in [0.15, 0.2) is 60.8 Å². The number of pyridine rings is 1. The molecule has 168 valence electrons. The van der Waals surface area contributed by atoms with Crippen molar-refractivity contribution in [2.75, 3.05) is 0 Å². The third kappa shape index (κ3) is 6.74. The molecule has 2 aromatic carbocycles. The molecule has 3 rings (SSSR count). The highest BCUT2D eigenvalue weighted by Gasteiger charge is 2.15. The standard InChI is InChI=1S/C28H32FNO2/c1-3-5-7-9-21-11-17-25(26(29)19-21)28(31)32-24-15-13-23(14-16-24)27-18-12-22(20-30-27)10-8-6-4-2/h11-20H,3-10H2,1-2H3. The Morgan fingerprint density at radius 3 is 2.09 bits per heavy atom. The number of hydrogen-bond donors (Lipinski definition) is 0. The molecule has 0 aliphatic rings.